The number of nitrogens with two attached hydrogens (primary N) is 2. The van der Waals surface area contributed by atoms with Gasteiger partial charge >= 0.3 is 5.97 Å². The van der Waals surface area contributed by atoms with Crippen LogP contribution < -0.4 is 46.7 Å². The Morgan fingerprint density at radius 3 is 1.78 bits per heavy atom. The van der Waals surface area contributed by atoms with Gasteiger partial charge in [0, 0.05) is 102 Å². The van der Waals surface area contributed by atoms with Gasteiger partial charge in [-0.05, 0) is 130 Å². The first kappa shape index (κ1) is 71.9. The van der Waals surface area contributed by atoms with Gasteiger partial charge in [0.15, 0.2) is 0 Å². The zero-order valence-corrected chi connectivity index (χ0v) is 53.9. The SMILES string of the molecule is COc1ccc(C(=O)N(CC(C)(C)CCCCCCCCCCCCCCCCCCCC(=O)NCCN(CCCC(=O)NCCN)CCCC(=O)NCCN)c2cccc(C)n2)c(N2CCC(COc3cc([C@@H](CC(=O)O)C4CC4)ccn3)CC2)c1. The van der Waals surface area contributed by atoms with Crippen LogP contribution in [0.5, 0.6) is 11.6 Å². The number of carbonyl (C=O) groups is 5. The van der Waals surface area contributed by atoms with Crippen molar-refractivity contribution in [3.63, 3.8) is 0 Å². The number of anilines is 2. The summed E-state index contributed by atoms with van der Waals surface area (Å²) in [5.74, 6) is 1.88. The molecule has 18 heteroatoms. The lowest BCUT2D eigenvalue weighted by molar-refractivity contribution is -0.137. The summed E-state index contributed by atoms with van der Waals surface area (Å²) in [4.78, 5) is 79.1. The fourth-order valence-electron chi connectivity index (χ4n) is 12.0. The van der Waals surface area contributed by atoms with E-state index in [-0.39, 0.29) is 41.4 Å². The molecule has 0 spiro atoms. The number of piperidine rings is 1. The fourth-order valence-corrected chi connectivity index (χ4v) is 12.0. The smallest absolute Gasteiger partial charge is 0.303 e. The minimum Gasteiger partial charge on any atom is -0.497 e. The number of unbranched alkanes of at least 4 members (excludes halogenated alkanes) is 16. The highest BCUT2D eigenvalue weighted by atomic mass is 16.5. The van der Waals surface area contributed by atoms with Crippen LogP contribution in [-0.4, -0.2) is 135 Å². The van der Waals surface area contributed by atoms with Gasteiger partial charge in [-0.3, -0.25) is 28.9 Å². The van der Waals surface area contributed by atoms with Crippen molar-refractivity contribution >= 4 is 41.1 Å². The van der Waals surface area contributed by atoms with Crippen LogP contribution in [0.4, 0.5) is 11.5 Å². The zero-order valence-electron chi connectivity index (χ0n) is 53.9. The van der Waals surface area contributed by atoms with E-state index >= 15 is 4.79 Å². The average Bonchev–Trinajstić information content (AvgIpc) is 2.36. The van der Waals surface area contributed by atoms with Gasteiger partial charge in [0.25, 0.3) is 5.91 Å². The summed E-state index contributed by atoms with van der Waals surface area (Å²) in [5, 5.41) is 18.2. The zero-order chi connectivity index (χ0) is 62.5. The van der Waals surface area contributed by atoms with Crippen LogP contribution in [0.25, 0.3) is 0 Å². The molecular weight excluding hydrogens is 1100 g/mol. The predicted octanol–water partition coefficient (Wildman–Crippen LogP) is 11.3. The van der Waals surface area contributed by atoms with E-state index in [4.69, 9.17) is 25.9 Å². The number of ether oxygens (including phenoxy) is 2. The first-order valence-corrected chi connectivity index (χ1v) is 33.6. The molecule has 8 N–H and O–H groups in total. The van der Waals surface area contributed by atoms with E-state index < -0.39 is 5.97 Å². The number of nitrogens with zero attached hydrogens (tertiary/aromatic N) is 5. The molecule has 486 valence electrons. The van der Waals surface area contributed by atoms with Crippen LogP contribution in [0, 0.1) is 24.2 Å². The number of aliphatic carboxylic acids is 1. The summed E-state index contributed by atoms with van der Waals surface area (Å²) in [6.45, 7) is 13.6. The normalized spacial score (nSPS) is 14.0. The second kappa shape index (κ2) is 41.4. The quantitative estimate of drug-likeness (QED) is 0.0288. The van der Waals surface area contributed by atoms with Crippen LogP contribution in [0.3, 0.4) is 0 Å². The number of carbonyl (C=O) groups excluding carboxylic acids is 4. The minimum atomic E-state index is -0.776. The van der Waals surface area contributed by atoms with Gasteiger partial charge in [-0.15, -0.1) is 0 Å². The third-order valence-electron chi connectivity index (χ3n) is 17.3. The summed E-state index contributed by atoms with van der Waals surface area (Å²) in [5.41, 5.74) is 14.2. The van der Waals surface area contributed by atoms with Gasteiger partial charge in [0.2, 0.25) is 23.6 Å². The van der Waals surface area contributed by atoms with Crippen LogP contribution in [0.2, 0.25) is 0 Å². The molecule has 87 heavy (non-hydrogen) atoms. The monoisotopic (exact) mass is 1210 g/mol. The van der Waals surface area contributed by atoms with Gasteiger partial charge < -0.3 is 51.8 Å². The summed E-state index contributed by atoms with van der Waals surface area (Å²) < 4.78 is 12.0. The first-order chi connectivity index (χ1) is 42.2. The topological polar surface area (TPSA) is 248 Å². The predicted molar refractivity (Wildman–Crippen MR) is 350 cm³/mol. The van der Waals surface area contributed by atoms with Crippen LogP contribution in [-0.2, 0) is 19.2 Å². The maximum absolute atomic E-state index is 15.0. The third-order valence-corrected chi connectivity index (χ3v) is 17.3. The molecule has 1 aliphatic heterocycles. The van der Waals surface area contributed by atoms with E-state index in [1.807, 2.05) is 60.4 Å². The van der Waals surface area contributed by atoms with Crippen LogP contribution in [0.15, 0.2) is 54.7 Å². The van der Waals surface area contributed by atoms with E-state index in [2.05, 4.69) is 44.6 Å². The van der Waals surface area contributed by atoms with Gasteiger partial charge in [-0.25, -0.2) is 9.97 Å². The number of carboxylic acid groups (broad SMARTS) is 1. The number of methoxy groups -OCH3 is 1. The molecule has 1 saturated heterocycles. The number of rotatable bonds is 48. The summed E-state index contributed by atoms with van der Waals surface area (Å²) in [6, 6.07) is 15.6. The molecule has 2 fully saturated rings. The Hall–Kier alpha value is -5.85. The number of amides is 4. The number of aryl methyl sites for hydroxylation is 1. The molecule has 1 aliphatic carbocycles. The molecule has 18 nitrogen and oxygen atoms in total. The molecule has 0 radical (unpaired) electrons. The largest absolute Gasteiger partial charge is 0.497 e. The van der Waals surface area contributed by atoms with Crippen molar-refractivity contribution < 1.29 is 38.6 Å². The van der Waals surface area contributed by atoms with Crippen LogP contribution >= 0.6 is 0 Å². The molecular formula is C69H112N10O8. The van der Waals surface area contributed by atoms with Crippen molar-refractivity contribution in [1.29, 1.82) is 0 Å². The number of nitrogens with one attached hydrogen (secondary N) is 3. The average molecular weight is 1210 g/mol. The Labute approximate surface area is 522 Å². The van der Waals surface area contributed by atoms with Crippen LogP contribution in [0.1, 0.15) is 221 Å². The molecule has 4 amide bonds. The van der Waals surface area contributed by atoms with Crippen molar-refractivity contribution in [1.82, 2.24) is 30.8 Å². The van der Waals surface area contributed by atoms with E-state index in [9.17, 15) is 24.3 Å². The molecule has 0 bridgehead atoms. The lowest BCUT2D eigenvalue weighted by Gasteiger charge is -2.36. The number of aromatic nitrogens is 2. The van der Waals surface area contributed by atoms with Crippen molar-refractivity contribution in [3.05, 3.63) is 71.5 Å². The second-order valence-corrected chi connectivity index (χ2v) is 25.5. The van der Waals surface area contributed by atoms with Crippen molar-refractivity contribution in [2.75, 3.05) is 95.5 Å². The van der Waals surface area contributed by atoms with Crippen molar-refractivity contribution in [2.45, 2.75) is 206 Å². The lowest BCUT2D eigenvalue weighted by Crippen LogP contribution is -2.41. The van der Waals surface area contributed by atoms with Gasteiger partial charge in [-0.1, -0.05) is 123 Å². The highest BCUT2D eigenvalue weighted by molar-refractivity contribution is 6.09. The van der Waals surface area contributed by atoms with E-state index in [1.165, 1.54) is 89.9 Å². The van der Waals surface area contributed by atoms with Gasteiger partial charge in [0.05, 0.1) is 31.4 Å². The number of carboxylic acids is 1. The summed E-state index contributed by atoms with van der Waals surface area (Å²) in [6.07, 6.45) is 30.5. The highest BCUT2D eigenvalue weighted by Crippen LogP contribution is 2.45. The van der Waals surface area contributed by atoms with E-state index in [0.29, 0.717) is 119 Å². The van der Waals surface area contributed by atoms with Crippen molar-refractivity contribution in [3.8, 4) is 11.6 Å². The van der Waals surface area contributed by atoms with Crippen molar-refractivity contribution in [2.24, 2.45) is 28.7 Å². The lowest BCUT2D eigenvalue weighted by atomic mass is 9.85. The van der Waals surface area contributed by atoms with E-state index in [1.54, 1.807) is 13.3 Å². The minimum absolute atomic E-state index is 0.00682. The number of hydrogen-bond acceptors (Lipinski definition) is 13. The Balaban J connectivity index is 0.912. The molecule has 0 unspecified atom stereocenters. The van der Waals surface area contributed by atoms with Gasteiger partial charge in [-0.2, -0.15) is 0 Å². The molecule has 3 aromatic rings. The molecule has 1 aromatic carbocycles. The molecule has 3 heterocycles. The number of pyridine rings is 2. The highest BCUT2D eigenvalue weighted by Gasteiger charge is 2.35. The third kappa shape index (κ3) is 29.3. The Morgan fingerprint density at radius 1 is 0.690 bits per heavy atom. The maximum Gasteiger partial charge on any atom is 0.303 e. The Morgan fingerprint density at radius 2 is 1.24 bits per heavy atom. The standard InChI is InChI=1S/C69H112N10O8/c1-54-25-22-26-62(76-54)79(68(85)59-33-32-58(86-4)50-61(59)78-46-35-55(36-47-78)52-87-66-49-57(34-40-75-66)60(51-67(83)84)56-30-31-56)53-69(2,3)37-21-19-17-15-13-11-9-7-5-6-8-10-12-14-16-18-20-27-63(80)74-43-48-77(44-23-28-64(81)72-41-38-70)45-24-29-65(82)73-42-39-71/h22,25-26,32-34,40,49-50,55-56,60H,5-21,23-24,27-31,35-39,41-48,51-53,70-71H2,1-4H3,(H,72,81)(H,73,82)(H,74,80)(H,83,84)/t60-/m0/s1. The molecule has 2 aromatic heterocycles. The molecule has 2 aliphatic rings. The Kier molecular flexibility index (Phi) is 34.2. The second-order valence-electron chi connectivity index (χ2n) is 25.5. The van der Waals surface area contributed by atoms with Gasteiger partial charge in [0.1, 0.15) is 11.6 Å². The van der Waals surface area contributed by atoms with E-state index in [0.717, 1.165) is 94.5 Å². The molecule has 1 saturated carbocycles. The fraction of sp³-hybridized carbons (Fsp3) is 0.696. The number of benzene rings is 1. The summed E-state index contributed by atoms with van der Waals surface area (Å²) in [7, 11) is 1.66. The molecule has 1 atom stereocenters. The first-order valence-electron chi connectivity index (χ1n) is 33.6. The summed E-state index contributed by atoms with van der Waals surface area (Å²) >= 11 is 0. The maximum atomic E-state index is 15.0. The number of hydrogen-bond donors (Lipinski definition) is 6. The Bertz CT molecular complexity index is 2440. The molecule has 5 rings (SSSR count).